The molecule has 1 saturated carbocycles. The van der Waals surface area contributed by atoms with Gasteiger partial charge in [0.2, 0.25) is 17.7 Å². The minimum atomic E-state index is -1.29. The van der Waals surface area contributed by atoms with Crippen LogP contribution in [-0.4, -0.2) is 134 Å². The lowest BCUT2D eigenvalue weighted by atomic mass is 9.81. The minimum absolute atomic E-state index is 0.00710. The van der Waals surface area contributed by atoms with Crippen LogP contribution >= 0.6 is 0 Å². The van der Waals surface area contributed by atoms with Crippen LogP contribution in [0.4, 0.5) is 0 Å². The molecular weight excluding hydrogens is 692 g/mol. The average Bonchev–Trinajstić information content (AvgIpc) is 3.10. The van der Waals surface area contributed by atoms with E-state index in [9.17, 15) is 43.8 Å². The van der Waals surface area contributed by atoms with Crippen molar-refractivity contribution in [1.29, 1.82) is 0 Å². The van der Waals surface area contributed by atoms with E-state index in [2.05, 4.69) is 31.9 Å². The van der Waals surface area contributed by atoms with Gasteiger partial charge in [-0.05, 0) is 92.2 Å². The quantitative estimate of drug-likeness (QED) is 0.0474. The van der Waals surface area contributed by atoms with E-state index in [-0.39, 0.29) is 88.7 Å². The number of ketones is 2. The zero-order valence-electron chi connectivity index (χ0n) is 32.4. The number of carbonyl (C=O) groups excluding carboxylic acids is 5. The maximum atomic E-state index is 13.5. The molecule has 0 radical (unpaired) electrons. The summed E-state index contributed by atoms with van der Waals surface area (Å²) in [6.07, 6.45) is 2.79. The van der Waals surface area contributed by atoms with Crippen LogP contribution in [0.1, 0.15) is 92.4 Å². The van der Waals surface area contributed by atoms with Crippen LogP contribution in [0.5, 0.6) is 0 Å². The molecule has 304 valence electrons. The summed E-state index contributed by atoms with van der Waals surface area (Å²) in [5, 5.41) is 35.9. The summed E-state index contributed by atoms with van der Waals surface area (Å²) >= 11 is 0. The highest BCUT2D eigenvalue weighted by Gasteiger charge is 2.35. The number of aliphatic carboxylic acids is 2. The predicted molar refractivity (Wildman–Crippen MR) is 196 cm³/mol. The lowest BCUT2D eigenvalue weighted by Gasteiger charge is -2.30. The summed E-state index contributed by atoms with van der Waals surface area (Å²) in [5.41, 5.74) is -2.16. The van der Waals surface area contributed by atoms with Gasteiger partial charge in [0.25, 0.3) is 0 Å². The Hall–Kier alpha value is -3.51. The second kappa shape index (κ2) is 24.7. The number of rotatable bonds is 29. The molecule has 53 heavy (non-hydrogen) atoms. The number of carboxylic acids is 2. The Labute approximate surface area is 313 Å². The van der Waals surface area contributed by atoms with E-state index < -0.39 is 46.8 Å². The zero-order valence-corrected chi connectivity index (χ0v) is 32.4. The molecule has 0 spiro atoms. The van der Waals surface area contributed by atoms with Crippen LogP contribution in [0.15, 0.2) is 0 Å². The highest BCUT2D eigenvalue weighted by Crippen LogP contribution is 2.28. The first-order valence-electron chi connectivity index (χ1n) is 18.6. The molecular formula is C36H64N6O11. The van der Waals surface area contributed by atoms with Gasteiger partial charge in [0, 0.05) is 31.8 Å². The molecule has 8 N–H and O–H groups in total. The molecule has 0 aromatic heterocycles. The monoisotopic (exact) mass is 756 g/mol. The Bertz CT molecular complexity index is 1200. The zero-order chi connectivity index (χ0) is 40.0. The molecule has 2 atom stereocenters. The first-order chi connectivity index (χ1) is 24.9. The molecule has 3 amide bonds. The number of ether oxygens (including phenoxy) is 2. The number of hydrogen-bond acceptors (Lipinski definition) is 12. The van der Waals surface area contributed by atoms with Crippen LogP contribution in [-0.2, 0) is 43.0 Å². The molecule has 17 nitrogen and oxygen atoms in total. The third-order valence-corrected chi connectivity index (χ3v) is 9.28. The van der Waals surface area contributed by atoms with Crippen LogP contribution in [0, 0.1) is 11.8 Å². The highest BCUT2D eigenvalue weighted by molar-refractivity contribution is 5.95. The number of nitrogens with one attached hydrogen (secondary N) is 6. The summed E-state index contributed by atoms with van der Waals surface area (Å²) < 4.78 is 11.0. The van der Waals surface area contributed by atoms with Gasteiger partial charge in [-0.2, -0.15) is 0 Å². The van der Waals surface area contributed by atoms with E-state index in [0.717, 1.165) is 25.8 Å². The van der Waals surface area contributed by atoms with Gasteiger partial charge in [0.1, 0.15) is 12.6 Å². The Balaban J connectivity index is 2.53. The molecule has 0 aromatic rings. The van der Waals surface area contributed by atoms with Crippen molar-refractivity contribution in [2.75, 3.05) is 59.7 Å². The smallest absolute Gasteiger partial charge is 0.326 e. The van der Waals surface area contributed by atoms with Crippen molar-refractivity contribution >= 4 is 41.2 Å². The summed E-state index contributed by atoms with van der Waals surface area (Å²) in [6.45, 7) is 10.4. The molecule has 1 fully saturated rings. The SMILES string of the molecule is CCCNC(=O)CNC(C)(C)C(=O)COCCOCCNC(C)(C)C(=O)[C@H](CCC(=O)O)NC(=O)CC[C@H](NC(=O)C1CCC(CNC)CC1)C(=O)O. The molecule has 1 aliphatic carbocycles. The van der Waals surface area contributed by atoms with E-state index in [1.807, 2.05) is 14.0 Å². The van der Waals surface area contributed by atoms with Gasteiger partial charge in [-0.3, -0.25) is 34.1 Å². The fourth-order valence-electron chi connectivity index (χ4n) is 5.79. The minimum Gasteiger partial charge on any atom is -0.481 e. The Morgan fingerprint density at radius 3 is 2.00 bits per heavy atom. The van der Waals surface area contributed by atoms with E-state index in [1.165, 1.54) is 0 Å². The van der Waals surface area contributed by atoms with Gasteiger partial charge < -0.3 is 46.3 Å². The van der Waals surface area contributed by atoms with Gasteiger partial charge in [-0.25, -0.2) is 4.79 Å². The maximum absolute atomic E-state index is 13.5. The second-order valence-electron chi connectivity index (χ2n) is 14.6. The second-order valence-corrected chi connectivity index (χ2v) is 14.6. The number of Topliss-reactive ketones (excluding diaryl/α,β-unsaturated/α-hetero) is 2. The molecule has 1 aliphatic rings. The van der Waals surface area contributed by atoms with Gasteiger partial charge >= 0.3 is 11.9 Å². The van der Waals surface area contributed by atoms with Crippen LogP contribution in [0.3, 0.4) is 0 Å². The van der Waals surface area contributed by atoms with Crippen molar-refractivity contribution in [3.05, 3.63) is 0 Å². The maximum Gasteiger partial charge on any atom is 0.326 e. The van der Waals surface area contributed by atoms with Gasteiger partial charge in [-0.15, -0.1) is 0 Å². The first kappa shape index (κ1) is 47.5. The number of carbonyl (C=O) groups is 7. The van der Waals surface area contributed by atoms with Crippen molar-refractivity contribution in [2.45, 2.75) is 116 Å². The molecule has 0 heterocycles. The molecule has 0 aromatic carbocycles. The molecule has 0 saturated heterocycles. The van der Waals surface area contributed by atoms with Crippen LogP contribution in [0.2, 0.25) is 0 Å². The third kappa shape index (κ3) is 19.4. The van der Waals surface area contributed by atoms with E-state index in [1.54, 1.807) is 27.7 Å². The van der Waals surface area contributed by atoms with Crippen molar-refractivity contribution in [3.8, 4) is 0 Å². The Morgan fingerprint density at radius 2 is 1.40 bits per heavy atom. The largest absolute Gasteiger partial charge is 0.481 e. The van der Waals surface area contributed by atoms with Gasteiger partial charge in [0.15, 0.2) is 11.6 Å². The van der Waals surface area contributed by atoms with E-state index in [0.29, 0.717) is 25.3 Å². The van der Waals surface area contributed by atoms with E-state index >= 15 is 0 Å². The summed E-state index contributed by atoms with van der Waals surface area (Å²) in [5.74, 6) is -4.13. The van der Waals surface area contributed by atoms with Gasteiger partial charge in [-0.1, -0.05) is 6.92 Å². The van der Waals surface area contributed by atoms with Crippen LogP contribution in [0.25, 0.3) is 0 Å². The fraction of sp³-hybridized carbons (Fsp3) is 0.806. The number of amides is 3. The van der Waals surface area contributed by atoms with Crippen molar-refractivity contribution in [3.63, 3.8) is 0 Å². The molecule has 17 heteroatoms. The average molecular weight is 757 g/mol. The summed E-state index contributed by atoms with van der Waals surface area (Å²) in [6, 6.07) is -2.46. The molecule has 0 unspecified atom stereocenters. The Kier molecular flexibility index (Phi) is 22.2. The fourth-order valence-corrected chi connectivity index (χ4v) is 5.79. The number of carboxylic acid groups (broad SMARTS) is 2. The lowest BCUT2D eigenvalue weighted by Crippen LogP contribution is -2.56. The van der Waals surface area contributed by atoms with Gasteiger partial charge in [0.05, 0.1) is 43.5 Å². The number of hydrogen-bond donors (Lipinski definition) is 8. The third-order valence-electron chi connectivity index (χ3n) is 9.28. The predicted octanol–water partition coefficient (Wildman–Crippen LogP) is 0.145. The summed E-state index contributed by atoms with van der Waals surface area (Å²) in [4.78, 5) is 86.7. The van der Waals surface area contributed by atoms with Crippen molar-refractivity contribution in [2.24, 2.45) is 11.8 Å². The van der Waals surface area contributed by atoms with E-state index in [4.69, 9.17) is 9.47 Å². The standard InChI is InChI=1S/C36H64N6O11/c1-7-16-38-30(45)22-40-35(2,3)28(43)23-53-20-19-52-18-17-39-36(4,5)32(48)26(13-15-31(46)47)41-29(44)14-12-27(34(50)51)42-33(49)25-10-8-24(9-11-25)21-37-6/h24-27,37,39-40H,7-23H2,1-6H3,(H,38,45)(H,41,44)(H,42,49)(H,46,47)(H,50,51)/t24?,25?,26-,27-/m0/s1. The van der Waals surface area contributed by atoms with Crippen molar-refractivity contribution < 1.29 is 53.2 Å². The molecule has 0 bridgehead atoms. The topological polar surface area (TPSA) is 251 Å². The first-order valence-corrected chi connectivity index (χ1v) is 18.6. The van der Waals surface area contributed by atoms with Crippen molar-refractivity contribution in [1.82, 2.24) is 31.9 Å². The Morgan fingerprint density at radius 1 is 0.755 bits per heavy atom. The molecule has 0 aliphatic heterocycles. The normalized spacial score (nSPS) is 17.3. The molecule has 1 rings (SSSR count). The lowest BCUT2D eigenvalue weighted by molar-refractivity contribution is -0.143. The van der Waals surface area contributed by atoms with Crippen LogP contribution < -0.4 is 31.9 Å². The highest BCUT2D eigenvalue weighted by atomic mass is 16.5. The summed E-state index contributed by atoms with van der Waals surface area (Å²) in [7, 11) is 1.88.